The average Bonchev–Trinajstić information content (AvgIpc) is 2.72. The number of benzene rings is 1. The Morgan fingerprint density at radius 3 is 2.36 bits per heavy atom. The summed E-state index contributed by atoms with van der Waals surface area (Å²) < 4.78 is 77.9. The van der Waals surface area contributed by atoms with E-state index in [0.29, 0.717) is 28.5 Å². The molecule has 0 aliphatic heterocycles. The lowest BCUT2D eigenvalue weighted by molar-refractivity contribution is -0.172. The third kappa shape index (κ3) is 5.71. The van der Waals surface area contributed by atoms with Gasteiger partial charge >= 0.3 is 12.4 Å². The fraction of sp³-hybridized carbons (Fsp3) is 0.318. The summed E-state index contributed by atoms with van der Waals surface area (Å²) in [5.74, 6) is -2.26. The second-order valence-corrected chi connectivity index (χ2v) is 7.76. The van der Waals surface area contributed by atoms with Gasteiger partial charge in [0, 0.05) is 23.7 Å². The zero-order chi connectivity index (χ0) is 24.6. The number of fused-ring (bicyclic) bond motifs is 1. The largest absolute Gasteiger partial charge is 0.417 e. The molecule has 3 rings (SSSR count). The fourth-order valence-electron chi connectivity index (χ4n) is 3.15. The van der Waals surface area contributed by atoms with Crippen LogP contribution in [0.2, 0.25) is 0 Å². The smallest absolute Gasteiger partial charge is 0.383 e. The minimum Gasteiger partial charge on any atom is -0.383 e. The number of hydrogen-bond acceptors (Lipinski definition) is 4. The molecular formula is C22H20F6N4O. The van der Waals surface area contributed by atoms with Crippen molar-refractivity contribution in [3.05, 3.63) is 65.0 Å². The lowest BCUT2D eigenvalue weighted by Gasteiger charge is -2.27. The van der Waals surface area contributed by atoms with Crippen LogP contribution in [0.1, 0.15) is 34.1 Å². The van der Waals surface area contributed by atoms with Crippen LogP contribution < -0.4 is 5.73 Å². The first-order valence-corrected chi connectivity index (χ1v) is 9.80. The lowest BCUT2D eigenvalue weighted by atomic mass is 10.1. The number of alkyl halides is 6. The molecule has 2 aromatic heterocycles. The van der Waals surface area contributed by atoms with Crippen LogP contribution in [-0.2, 0) is 12.7 Å². The number of halogens is 6. The Kier molecular flexibility index (Phi) is 6.53. The molecule has 33 heavy (non-hydrogen) atoms. The van der Waals surface area contributed by atoms with Crippen LogP contribution in [0.5, 0.6) is 0 Å². The Hall–Kier alpha value is -3.37. The molecule has 1 amide bonds. The molecule has 0 saturated carbocycles. The standard InChI is InChI=1S/C22H20F6N4O/c1-12-7-15-8-14(3-6-18(15)31-19(12)29)20(33)32(10-13(2)21(23,24)25)11-17-5-4-16(9-30-17)22(26,27)28/h3-9,13H,10-11H2,1-2H3,(H2,29,31). The van der Waals surface area contributed by atoms with E-state index in [1.165, 1.54) is 18.2 Å². The molecule has 0 radical (unpaired) electrons. The van der Waals surface area contributed by atoms with E-state index in [1.807, 2.05) is 0 Å². The summed E-state index contributed by atoms with van der Waals surface area (Å²) >= 11 is 0. The molecule has 1 unspecified atom stereocenters. The van der Waals surface area contributed by atoms with Gasteiger partial charge in [-0.3, -0.25) is 9.78 Å². The summed E-state index contributed by atoms with van der Waals surface area (Å²) in [5, 5.41) is 0.573. The predicted molar refractivity (Wildman–Crippen MR) is 110 cm³/mol. The van der Waals surface area contributed by atoms with Gasteiger partial charge in [-0.1, -0.05) is 6.92 Å². The number of hydrogen-bond donors (Lipinski definition) is 1. The van der Waals surface area contributed by atoms with Crippen molar-refractivity contribution in [2.24, 2.45) is 5.92 Å². The van der Waals surface area contributed by atoms with E-state index in [4.69, 9.17) is 5.73 Å². The van der Waals surface area contributed by atoms with E-state index in [1.54, 1.807) is 13.0 Å². The lowest BCUT2D eigenvalue weighted by Crippen LogP contribution is -2.39. The van der Waals surface area contributed by atoms with Gasteiger partial charge in [0.05, 0.1) is 29.2 Å². The molecule has 0 spiro atoms. The molecule has 11 heteroatoms. The molecule has 0 bridgehead atoms. The zero-order valence-electron chi connectivity index (χ0n) is 17.6. The van der Waals surface area contributed by atoms with Crippen LogP contribution in [0.3, 0.4) is 0 Å². The highest BCUT2D eigenvalue weighted by Gasteiger charge is 2.38. The van der Waals surface area contributed by atoms with Gasteiger partial charge in [0.1, 0.15) is 5.82 Å². The number of nitrogens with two attached hydrogens (primary N) is 1. The Morgan fingerprint density at radius 2 is 1.79 bits per heavy atom. The van der Waals surface area contributed by atoms with Crippen LogP contribution in [0, 0.1) is 12.8 Å². The highest BCUT2D eigenvalue weighted by Crippen LogP contribution is 2.30. The quantitative estimate of drug-likeness (QED) is 0.509. The number of rotatable bonds is 5. The van der Waals surface area contributed by atoms with Crippen LogP contribution in [0.4, 0.5) is 32.2 Å². The molecule has 0 aliphatic rings. The maximum atomic E-state index is 13.2. The van der Waals surface area contributed by atoms with Gasteiger partial charge < -0.3 is 10.6 Å². The molecule has 0 saturated heterocycles. The summed E-state index contributed by atoms with van der Waals surface area (Å²) in [6.07, 6.45) is -8.58. The molecule has 0 aliphatic carbocycles. The van der Waals surface area contributed by atoms with Crippen molar-refractivity contribution < 1.29 is 31.1 Å². The number of carbonyl (C=O) groups excluding carboxylic acids is 1. The molecule has 176 valence electrons. The van der Waals surface area contributed by atoms with Gasteiger partial charge in [-0.2, -0.15) is 26.3 Å². The Bertz CT molecular complexity index is 1160. The number of nitrogen functional groups attached to an aromatic ring is 1. The van der Waals surface area contributed by atoms with Gasteiger partial charge in [-0.05, 0) is 48.9 Å². The average molecular weight is 470 g/mol. The third-order valence-electron chi connectivity index (χ3n) is 5.14. The second kappa shape index (κ2) is 8.87. The van der Waals surface area contributed by atoms with E-state index in [0.717, 1.165) is 24.0 Å². The van der Waals surface area contributed by atoms with Gasteiger partial charge in [0.25, 0.3) is 5.91 Å². The molecular weight excluding hydrogens is 450 g/mol. The molecule has 3 aromatic rings. The van der Waals surface area contributed by atoms with Crippen LogP contribution in [0.15, 0.2) is 42.6 Å². The minimum absolute atomic E-state index is 0.0248. The van der Waals surface area contributed by atoms with Crippen molar-refractivity contribution in [1.82, 2.24) is 14.9 Å². The van der Waals surface area contributed by atoms with Crippen LogP contribution in [-0.4, -0.2) is 33.5 Å². The van der Waals surface area contributed by atoms with Gasteiger partial charge in [-0.15, -0.1) is 0 Å². The summed E-state index contributed by atoms with van der Waals surface area (Å²) in [6.45, 7) is 1.57. The summed E-state index contributed by atoms with van der Waals surface area (Å²) in [5.41, 5.74) is 6.09. The number of aromatic nitrogens is 2. The van der Waals surface area contributed by atoms with Crippen molar-refractivity contribution in [3.63, 3.8) is 0 Å². The topological polar surface area (TPSA) is 72.1 Å². The number of pyridine rings is 2. The fourth-order valence-corrected chi connectivity index (χ4v) is 3.15. The molecule has 5 nitrogen and oxygen atoms in total. The molecule has 0 fully saturated rings. The maximum Gasteiger partial charge on any atom is 0.417 e. The molecule has 2 N–H and O–H groups in total. The number of amides is 1. The normalized spacial score (nSPS) is 13.2. The first kappa shape index (κ1) is 24.3. The second-order valence-electron chi connectivity index (χ2n) is 7.76. The van der Waals surface area contributed by atoms with Crippen LogP contribution in [0.25, 0.3) is 10.9 Å². The number of carbonyl (C=O) groups is 1. The van der Waals surface area contributed by atoms with E-state index >= 15 is 0 Å². The molecule has 1 aromatic carbocycles. The Labute approximate surface area is 185 Å². The van der Waals surface area contributed by atoms with Crippen molar-refractivity contribution >= 4 is 22.6 Å². The predicted octanol–water partition coefficient (Wildman–Crippen LogP) is 5.38. The summed E-state index contributed by atoms with van der Waals surface area (Å²) in [4.78, 5) is 21.9. The number of nitrogens with zero attached hydrogens (tertiary/aromatic N) is 3. The first-order chi connectivity index (χ1) is 15.3. The van der Waals surface area contributed by atoms with Crippen molar-refractivity contribution in [3.8, 4) is 0 Å². The number of aryl methyl sites for hydroxylation is 1. The third-order valence-corrected chi connectivity index (χ3v) is 5.14. The minimum atomic E-state index is -4.60. The Morgan fingerprint density at radius 1 is 1.09 bits per heavy atom. The molecule has 1 atom stereocenters. The Balaban J connectivity index is 1.93. The van der Waals surface area contributed by atoms with Gasteiger partial charge in [0.2, 0.25) is 0 Å². The van der Waals surface area contributed by atoms with Crippen molar-refractivity contribution in [1.29, 1.82) is 0 Å². The van der Waals surface area contributed by atoms with Crippen molar-refractivity contribution in [2.75, 3.05) is 12.3 Å². The van der Waals surface area contributed by atoms with E-state index in [9.17, 15) is 31.1 Å². The van der Waals surface area contributed by atoms with Gasteiger partial charge in [0.15, 0.2) is 0 Å². The molecule has 2 heterocycles. The SMILES string of the molecule is Cc1cc2cc(C(=O)N(Cc3ccc(C(F)(F)F)cn3)CC(C)C(F)(F)F)ccc2nc1N. The highest BCUT2D eigenvalue weighted by molar-refractivity contribution is 5.98. The summed E-state index contributed by atoms with van der Waals surface area (Å²) in [6, 6.07) is 7.94. The zero-order valence-corrected chi connectivity index (χ0v) is 17.6. The van der Waals surface area contributed by atoms with Crippen LogP contribution >= 0.6 is 0 Å². The van der Waals surface area contributed by atoms with E-state index in [-0.39, 0.29) is 11.3 Å². The first-order valence-electron chi connectivity index (χ1n) is 9.80. The monoisotopic (exact) mass is 470 g/mol. The highest BCUT2D eigenvalue weighted by atomic mass is 19.4. The summed E-state index contributed by atoms with van der Waals surface area (Å²) in [7, 11) is 0. The van der Waals surface area contributed by atoms with E-state index in [2.05, 4.69) is 9.97 Å². The van der Waals surface area contributed by atoms with E-state index < -0.39 is 42.8 Å². The number of anilines is 1. The van der Waals surface area contributed by atoms with Crippen molar-refractivity contribution in [2.45, 2.75) is 32.7 Å². The maximum absolute atomic E-state index is 13.2. The van der Waals surface area contributed by atoms with Gasteiger partial charge in [-0.25, -0.2) is 4.98 Å².